The van der Waals surface area contributed by atoms with Gasteiger partial charge in [-0.25, -0.2) is 0 Å². The average molecular weight is 600 g/mol. The minimum atomic E-state index is -5.23. The number of carbonyl (C=O) groups is 3. The first kappa shape index (κ1) is 30.3. The lowest BCUT2D eigenvalue weighted by Crippen LogP contribution is -2.60. The Hall–Kier alpha value is -4.17. The normalized spacial score (nSPS) is 25.1. The molecular formula is C29H32F3N7O4. The van der Waals surface area contributed by atoms with Crippen LogP contribution in [0, 0.1) is 40.9 Å². The number of likely N-dealkylation sites (tertiary alicyclic amines) is 1. The standard InChI is InChI=1S/C29H32F3N7O4/c1-7-17-20-15(11-34-12-19(20)38(6)37-17)18(10-33)35-24(40)23-21-16(27(21,3)4)13-39(23)25(41)22(36-26(42)29(30,31)32)14(2)43-28(5)8-9-28/h1,11-12,14,16,18,21-23H,8-9,13H2,2-6H3,(H,35,40)(H,36,42)/t14-,16+,18?,21+,22+,23+/m1/s1. The smallest absolute Gasteiger partial charge is 0.370 e. The number of nitriles is 1. The van der Waals surface area contributed by atoms with Gasteiger partial charge >= 0.3 is 12.1 Å². The number of amides is 3. The molecule has 6 atom stereocenters. The number of rotatable bonds is 8. The summed E-state index contributed by atoms with van der Waals surface area (Å²) in [6.07, 6.45) is 3.54. The predicted octanol–water partition coefficient (Wildman–Crippen LogP) is 2.12. The van der Waals surface area contributed by atoms with Gasteiger partial charge in [0.05, 0.1) is 29.5 Å². The van der Waals surface area contributed by atoms with E-state index in [9.17, 15) is 32.8 Å². The second-order valence-corrected chi connectivity index (χ2v) is 12.4. The molecule has 2 aromatic rings. The number of halogens is 3. The zero-order chi connectivity index (χ0) is 31.6. The second kappa shape index (κ2) is 10.2. The van der Waals surface area contributed by atoms with Crippen LogP contribution in [0.25, 0.3) is 10.9 Å². The van der Waals surface area contributed by atoms with E-state index in [1.165, 1.54) is 28.9 Å². The van der Waals surface area contributed by atoms with Crippen LogP contribution in [-0.4, -0.2) is 73.9 Å². The van der Waals surface area contributed by atoms with E-state index in [0.717, 1.165) is 0 Å². The molecule has 2 aliphatic carbocycles. The fourth-order valence-corrected chi connectivity index (χ4v) is 6.36. The average Bonchev–Trinajstić information content (AvgIpc) is 3.62. The maximum atomic E-state index is 13.9. The molecule has 3 aliphatic rings. The number of fused-ring (bicyclic) bond motifs is 2. The molecule has 2 aromatic heterocycles. The van der Waals surface area contributed by atoms with Gasteiger partial charge in [0.1, 0.15) is 23.8 Å². The number of hydrogen-bond acceptors (Lipinski definition) is 7. The van der Waals surface area contributed by atoms with E-state index < -0.39 is 53.7 Å². The Morgan fingerprint density at radius 3 is 2.47 bits per heavy atom. The number of aromatic nitrogens is 3. The molecule has 3 fully saturated rings. The first-order chi connectivity index (χ1) is 20.0. The summed E-state index contributed by atoms with van der Waals surface area (Å²) in [4.78, 5) is 45.2. The van der Waals surface area contributed by atoms with Crippen LogP contribution in [0.15, 0.2) is 12.4 Å². The molecule has 2 N–H and O–H groups in total. The van der Waals surface area contributed by atoms with Crippen molar-refractivity contribution in [3.63, 3.8) is 0 Å². The number of pyridine rings is 1. The van der Waals surface area contributed by atoms with Crippen LogP contribution in [0.5, 0.6) is 0 Å². The van der Waals surface area contributed by atoms with Gasteiger partial charge < -0.3 is 20.3 Å². The highest BCUT2D eigenvalue weighted by Crippen LogP contribution is 2.65. The van der Waals surface area contributed by atoms with Crippen molar-refractivity contribution in [1.29, 1.82) is 5.26 Å². The molecule has 14 heteroatoms. The van der Waals surface area contributed by atoms with Crippen molar-refractivity contribution >= 4 is 28.6 Å². The van der Waals surface area contributed by atoms with E-state index in [1.807, 2.05) is 13.8 Å². The van der Waals surface area contributed by atoms with E-state index >= 15 is 0 Å². The topological polar surface area (TPSA) is 142 Å². The Morgan fingerprint density at radius 2 is 1.88 bits per heavy atom. The van der Waals surface area contributed by atoms with Crippen LogP contribution in [0.2, 0.25) is 0 Å². The Balaban J connectivity index is 1.45. The minimum Gasteiger partial charge on any atom is -0.370 e. The molecule has 1 saturated heterocycles. The summed E-state index contributed by atoms with van der Waals surface area (Å²) in [5.74, 6) is -1.76. The summed E-state index contributed by atoms with van der Waals surface area (Å²) in [5.41, 5.74) is 0.170. The lowest BCUT2D eigenvalue weighted by atomic mass is 9.98. The molecule has 1 unspecified atom stereocenters. The predicted molar refractivity (Wildman–Crippen MR) is 145 cm³/mol. The van der Waals surface area contributed by atoms with Crippen molar-refractivity contribution in [2.24, 2.45) is 24.3 Å². The lowest BCUT2D eigenvalue weighted by molar-refractivity contribution is -0.177. The number of alkyl halides is 3. The van der Waals surface area contributed by atoms with E-state index in [-0.39, 0.29) is 29.5 Å². The number of aryl methyl sites for hydroxylation is 1. The molecule has 0 bridgehead atoms. The molecule has 1 aliphatic heterocycles. The molecule has 3 amide bonds. The third-order valence-electron chi connectivity index (χ3n) is 9.12. The molecular weight excluding hydrogens is 567 g/mol. The maximum absolute atomic E-state index is 13.9. The summed E-state index contributed by atoms with van der Waals surface area (Å²) < 4.78 is 47.1. The van der Waals surface area contributed by atoms with Gasteiger partial charge in [0.15, 0.2) is 0 Å². The summed E-state index contributed by atoms with van der Waals surface area (Å²) in [7, 11) is 1.66. The largest absolute Gasteiger partial charge is 0.471 e. The van der Waals surface area contributed by atoms with Crippen molar-refractivity contribution in [3.8, 4) is 18.4 Å². The first-order valence-corrected chi connectivity index (χ1v) is 13.9. The fourth-order valence-electron chi connectivity index (χ4n) is 6.36. The SMILES string of the molecule is C#Cc1nn(C)c2cncc(C(C#N)NC(=O)[C@@H]3[C@@H]4[C@H](CN3C(=O)[C@@H](NC(=O)C(F)(F)F)[C@@H](C)OC3(C)CC3)C4(C)C)c12. The molecule has 228 valence electrons. The molecule has 2 saturated carbocycles. The molecule has 5 rings (SSSR count). The summed E-state index contributed by atoms with van der Waals surface area (Å²) >= 11 is 0. The van der Waals surface area contributed by atoms with Gasteiger partial charge in [0.25, 0.3) is 0 Å². The molecule has 43 heavy (non-hydrogen) atoms. The maximum Gasteiger partial charge on any atom is 0.471 e. The molecule has 3 heterocycles. The number of ether oxygens (including phenoxy) is 1. The Labute approximate surface area is 246 Å². The number of nitrogens with zero attached hydrogens (tertiary/aromatic N) is 5. The quantitative estimate of drug-likeness (QED) is 0.443. The highest BCUT2D eigenvalue weighted by Gasteiger charge is 2.70. The van der Waals surface area contributed by atoms with Crippen LogP contribution in [0.3, 0.4) is 0 Å². The van der Waals surface area contributed by atoms with Gasteiger partial charge in [-0.15, -0.1) is 6.42 Å². The molecule has 0 aromatic carbocycles. The molecule has 11 nitrogen and oxygen atoms in total. The van der Waals surface area contributed by atoms with E-state index in [0.29, 0.717) is 29.3 Å². The van der Waals surface area contributed by atoms with E-state index in [2.05, 4.69) is 27.4 Å². The van der Waals surface area contributed by atoms with Crippen molar-refractivity contribution in [2.45, 2.75) is 76.5 Å². The van der Waals surface area contributed by atoms with E-state index in [1.54, 1.807) is 19.3 Å². The third kappa shape index (κ3) is 5.29. The van der Waals surface area contributed by atoms with Crippen molar-refractivity contribution in [3.05, 3.63) is 23.7 Å². The van der Waals surface area contributed by atoms with Crippen LogP contribution >= 0.6 is 0 Å². The lowest BCUT2D eigenvalue weighted by Gasteiger charge is -2.35. The van der Waals surface area contributed by atoms with Crippen molar-refractivity contribution in [2.75, 3.05) is 6.54 Å². The van der Waals surface area contributed by atoms with Crippen LogP contribution < -0.4 is 10.6 Å². The van der Waals surface area contributed by atoms with Crippen LogP contribution in [0.1, 0.15) is 57.8 Å². The summed E-state index contributed by atoms with van der Waals surface area (Å²) in [6, 6.07) is -1.97. The zero-order valence-electron chi connectivity index (χ0n) is 24.3. The van der Waals surface area contributed by atoms with Gasteiger partial charge in [0.2, 0.25) is 11.8 Å². The van der Waals surface area contributed by atoms with Gasteiger partial charge in [-0.1, -0.05) is 13.8 Å². The summed E-state index contributed by atoms with van der Waals surface area (Å²) in [5, 5.41) is 19.3. The van der Waals surface area contributed by atoms with Gasteiger partial charge in [-0.3, -0.25) is 24.0 Å². The number of terminal acetylenes is 1. The number of nitrogens with one attached hydrogen (secondary N) is 2. The van der Waals surface area contributed by atoms with Crippen molar-refractivity contribution < 1.29 is 32.3 Å². The van der Waals surface area contributed by atoms with Gasteiger partial charge in [-0.05, 0) is 49.9 Å². The van der Waals surface area contributed by atoms with Crippen LogP contribution in [-0.2, 0) is 26.2 Å². The van der Waals surface area contributed by atoms with Crippen molar-refractivity contribution in [1.82, 2.24) is 30.3 Å². The zero-order valence-corrected chi connectivity index (χ0v) is 24.3. The van der Waals surface area contributed by atoms with Crippen LogP contribution in [0.4, 0.5) is 13.2 Å². The highest BCUT2D eigenvalue weighted by atomic mass is 19.4. The number of carbonyl (C=O) groups excluding carboxylic acids is 3. The van der Waals surface area contributed by atoms with E-state index in [4.69, 9.17) is 11.2 Å². The van der Waals surface area contributed by atoms with Gasteiger partial charge in [0, 0.05) is 30.7 Å². The summed E-state index contributed by atoms with van der Waals surface area (Å²) in [6.45, 7) is 7.17. The Kier molecular flexibility index (Phi) is 7.21. The third-order valence-corrected chi connectivity index (χ3v) is 9.12. The highest BCUT2D eigenvalue weighted by molar-refractivity contribution is 5.95. The fraction of sp³-hybridized carbons (Fsp3) is 0.586. The molecule has 0 spiro atoms. The first-order valence-electron chi connectivity index (χ1n) is 13.9. The number of hydrogen-bond donors (Lipinski definition) is 2. The monoisotopic (exact) mass is 599 g/mol. The Bertz CT molecular complexity index is 1580. The Morgan fingerprint density at radius 1 is 1.21 bits per heavy atom. The number of piperidine rings is 1. The second-order valence-electron chi connectivity index (χ2n) is 12.4. The van der Waals surface area contributed by atoms with Gasteiger partial charge in [-0.2, -0.15) is 23.5 Å². The molecule has 0 radical (unpaired) electrons. The minimum absolute atomic E-state index is 0.0924.